The number of ether oxygens (including phenoxy) is 2. The summed E-state index contributed by atoms with van der Waals surface area (Å²) in [6, 6.07) is 3.79. The monoisotopic (exact) mass is 344 g/mol. The number of benzene rings is 1. The Morgan fingerprint density at radius 2 is 2.42 bits per heavy atom. The van der Waals surface area contributed by atoms with Gasteiger partial charge in [-0.3, -0.25) is 10.1 Å². The maximum Gasteiger partial charge on any atom is 0.273 e. The Morgan fingerprint density at radius 3 is 3.17 bits per heavy atom. The van der Waals surface area contributed by atoms with Crippen molar-refractivity contribution >= 4 is 33.3 Å². The number of H-pyrrole nitrogens is 1. The quantitative estimate of drug-likeness (QED) is 0.759. The van der Waals surface area contributed by atoms with Crippen LogP contribution in [0.4, 0.5) is 5.13 Å². The van der Waals surface area contributed by atoms with Crippen LogP contribution in [-0.4, -0.2) is 33.8 Å². The van der Waals surface area contributed by atoms with E-state index in [2.05, 4.69) is 20.5 Å². The Bertz CT molecular complexity index is 904. The summed E-state index contributed by atoms with van der Waals surface area (Å²) in [5, 5.41) is 11.6. The molecule has 24 heavy (non-hydrogen) atoms. The molecule has 1 atom stereocenters. The second kappa shape index (κ2) is 5.79. The molecule has 0 fully saturated rings. The SMILES string of the molecule is CCOc1cc2c(c3[nH]c(C(=O)Nc4nncs4)cc13)O[C@H](C)C2. The minimum Gasteiger partial charge on any atom is -0.493 e. The van der Waals surface area contributed by atoms with Gasteiger partial charge in [-0.2, -0.15) is 0 Å². The average molecular weight is 344 g/mol. The van der Waals surface area contributed by atoms with Gasteiger partial charge in [-0.1, -0.05) is 11.3 Å². The third-order valence-corrected chi connectivity index (χ3v) is 4.47. The van der Waals surface area contributed by atoms with Crippen LogP contribution in [0.15, 0.2) is 17.6 Å². The molecular formula is C16H16N4O3S. The summed E-state index contributed by atoms with van der Waals surface area (Å²) < 4.78 is 11.7. The molecule has 1 aromatic carbocycles. The minimum absolute atomic E-state index is 0.113. The molecule has 1 aliphatic heterocycles. The van der Waals surface area contributed by atoms with Gasteiger partial charge >= 0.3 is 0 Å². The van der Waals surface area contributed by atoms with Crippen molar-refractivity contribution in [2.75, 3.05) is 11.9 Å². The van der Waals surface area contributed by atoms with Crippen molar-refractivity contribution in [3.05, 3.63) is 28.9 Å². The number of carbonyl (C=O) groups excluding carboxylic acids is 1. The summed E-state index contributed by atoms with van der Waals surface area (Å²) in [7, 11) is 0. The molecule has 124 valence electrons. The van der Waals surface area contributed by atoms with Crippen LogP contribution in [0, 0.1) is 0 Å². The summed E-state index contributed by atoms with van der Waals surface area (Å²) in [6.45, 7) is 4.52. The summed E-state index contributed by atoms with van der Waals surface area (Å²) in [4.78, 5) is 15.6. The first-order valence-corrected chi connectivity index (χ1v) is 8.59. The van der Waals surface area contributed by atoms with E-state index in [1.54, 1.807) is 11.6 Å². The number of fused-ring (bicyclic) bond motifs is 3. The van der Waals surface area contributed by atoms with E-state index in [4.69, 9.17) is 9.47 Å². The highest BCUT2D eigenvalue weighted by Gasteiger charge is 2.26. The minimum atomic E-state index is -0.273. The van der Waals surface area contributed by atoms with Crippen LogP contribution < -0.4 is 14.8 Å². The Morgan fingerprint density at radius 1 is 1.54 bits per heavy atom. The van der Waals surface area contributed by atoms with Gasteiger partial charge in [0.05, 0.1) is 12.1 Å². The van der Waals surface area contributed by atoms with Gasteiger partial charge in [-0.15, -0.1) is 10.2 Å². The number of nitrogens with one attached hydrogen (secondary N) is 2. The highest BCUT2D eigenvalue weighted by Crippen LogP contribution is 2.41. The molecule has 8 heteroatoms. The van der Waals surface area contributed by atoms with Gasteiger partial charge in [0.25, 0.3) is 5.91 Å². The zero-order valence-electron chi connectivity index (χ0n) is 13.3. The lowest BCUT2D eigenvalue weighted by Gasteiger charge is -2.08. The van der Waals surface area contributed by atoms with Gasteiger partial charge in [0, 0.05) is 17.4 Å². The van der Waals surface area contributed by atoms with Crippen molar-refractivity contribution in [1.29, 1.82) is 0 Å². The number of nitrogens with zero attached hydrogens (tertiary/aromatic N) is 2. The predicted molar refractivity (Wildman–Crippen MR) is 91.1 cm³/mol. The molecule has 1 amide bonds. The molecule has 0 saturated carbocycles. The molecule has 1 aliphatic rings. The third kappa shape index (κ3) is 2.48. The fraction of sp³-hybridized carbons (Fsp3) is 0.312. The van der Waals surface area contributed by atoms with Crippen molar-refractivity contribution in [3.63, 3.8) is 0 Å². The molecular weight excluding hydrogens is 328 g/mol. The first-order chi connectivity index (χ1) is 11.7. The fourth-order valence-electron chi connectivity index (χ4n) is 2.92. The molecule has 4 rings (SSSR count). The summed E-state index contributed by atoms with van der Waals surface area (Å²) in [5.41, 5.74) is 3.88. The molecule has 0 saturated heterocycles. The molecule has 0 spiro atoms. The number of carbonyl (C=O) groups is 1. The van der Waals surface area contributed by atoms with Crippen molar-refractivity contribution in [2.45, 2.75) is 26.4 Å². The van der Waals surface area contributed by atoms with Crippen molar-refractivity contribution in [2.24, 2.45) is 0 Å². The average Bonchev–Trinajstić information content (AvgIpc) is 3.25. The standard InChI is InChI=1S/C16H16N4O3S/c1-3-22-12-5-9-4-8(2)23-14(9)13-10(12)6-11(18-13)15(21)19-16-20-17-7-24-16/h5-8,18H,3-4H2,1-2H3,(H,19,20,21)/t8-/m1/s1. The fourth-order valence-corrected chi connectivity index (χ4v) is 3.36. The van der Waals surface area contributed by atoms with Gasteiger partial charge < -0.3 is 14.5 Å². The van der Waals surface area contributed by atoms with Gasteiger partial charge in [0.2, 0.25) is 5.13 Å². The number of hydrogen-bond donors (Lipinski definition) is 2. The topological polar surface area (TPSA) is 89.1 Å². The summed E-state index contributed by atoms with van der Waals surface area (Å²) in [5.74, 6) is 1.29. The second-order valence-corrected chi connectivity index (χ2v) is 6.43. The van der Waals surface area contributed by atoms with Gasteiger partial charge in [-0.25, -0.2) is 0 Å². The lowest BCUT2D eigenvalue weighted by Crippen LogP contribution is -2.12. The summed E-state index contributed by atoms with van der Waals surface area (Å²) >= 11 is 1.27. The maximum absolute atomic E-state index is 12.4. The first kappa shape index (κ1) is 14.9. The molecule has 3 aromatic rings. The van der Waals surface area contributed by atoms with E-state index in [0.717, 1.165) is 34.4 Å². The lowest BCUT2D eigenvalue weighted by atomic mass is 10.1. The Balaban J connectivity index is 1.77. The van der Waals surface area contributed by atoms with Gasteiger partial charge in [-0.05, 0) is 26.0 Å². The molecule has 0 radical (unpaired) electrons. The molecule has 0 aliphatic carbocycles. The first-order valence-electron chi connectivity index (χ1n) is 7.71. The summed E-state index contributed by atoms with van der Waals surface area (Å²) in [6.07, 6.45) is 0.943. The van der Waals surface area contributed by atoms with E-state index in [1.807, 2.05) is 19.9 Å². The van der Waals surface area contributed by atoms with Crippen LogP contribution in [0.25, 0.3) is 10.9 Å². The van der Waals surface area contributed by atoms with E-state index in [9.17, 15) is 4.79 Å². The zero-order chi connectivity index (χ0) is 16.7. The van der Waals surface area contributed by atoms with E-state index < -0.39 is 0 Å². The van der Waals surface area contributed by atoms with Crippen LogP contribution in [0.3, 0.4) is 0 Å². The van der Waals surface area contributed by atoms with Crippen LogP contribution in [0.1, 0.15) is 29.9 Å². The number of rotatable bonds is 4. The Hall–Kier alpha value is -2.61. The van der Waals surface area contributed by atoms with Crippen LogP contribution in [-0.2, 0) is 6.42 Å². The van der Waals surface area contributed by atoms with Crippen LogP contribution in [0.2, 0.25) is 0 Å². The van der Waals surface area contributed by atoms with Crippen molar-refractivity contribution < 1.29 is 14.3 Å². The number of aromatic amines is 1. The van der Waals surface area contributed by atoms with Crippen molar-refractivity contribution in [1.82, 2.24) is 15.2 Å². The number of hydrogen-bond acceptors (Lipinski definition) is 6. The van der Waals surface area contributed by atoms with E-state index in [1.165, 1.54) is 11.3 Å². The van der Waals surface area contributed by atoms with Crippen LogP contribution >= 0.6 is 11.3 Å². The van der Waals surface area contributed by atoms with Gasteiger partial charge in [0.15, 0.2) is 0 Å². The van der Waals surface area contributed by atoms with Crippen LogP contribution in [0.5, 0.6) is 11.5 Å². The van der Waals surface area contributed by atoms with Gasteiger partial charge in [0.1, 0.15) is 28.8 Å². The molecule has 7 nitrogen and oxygen atoms in total. The second-order valence-electron chi connectivity index (χ2n) is 5.60. The number of aromatic nitrogens is 3. The smallest absolute Gasteiger partial charge is 0.273 e. The Labute approximate surface area is 142 Å². The maximum atomic E-state index is 12.4. The molecule has 0 bridgehead atoms. The third-order valence-electron chi connectivity index (χ3n) is 3.86. The number of anilines is 1. The molecule has 2 aromatic heterocycles. The highest BCUT2D eigenvalue weighted by molar-refractivity contribution is 7.13. The normalized spacial score (nSPS) is 16.0. The van der Waals surface area contributed by atoms with E-state index in [0.29, 0.717) is 17.4 Å². The lowest BCUT2D eigenvalue weighted by molar-refractivity contribution is 0.102. The highest BCUT2D eigenvalue weighted by atomic mass is 32.1. The van der Waals surface area contributed by atoms with Crippen molar-refractivity contribution in [3.8, 4) is 11.5 Å². The molecule has 3 heterocycles. The van der Waals surface area contributed by atoms with E-state index in [-0.39, 0.29) is 12.0 Å². The zero-order valence-corrected chi connectivity index (χ0v) is 14.1. The largest absolute Gasteiger partial charge is 0.493 e. The van der Waals surface area contributed by atoms with E-state index >= 15 is 0 Å². The Kier molecular flexibility index (Phi) is 3.61. The predicted octanol–water partition coefficient (Wildman–Crippen LogP) is 2.99. The molecule has 0 unspecified atom stereocenters. The molecule has 2 N–H and O–H groups in total. The number of amides is 1.